The van der Waals surface area contributed by atoms with Gasteiger partial charge in [0.1, 0.15) is 5.78 Å². The van der Waals surface area contributed by atoms with Crippen molar-refractivity contribution in [2.45, 2.75) is 38.5 Å². The second-order valence-electron chi connectivity index (χ2n) is 5.43. The van der Waals surface area contributed by atoms with Crippen molar-refractivity contribution in [3.05, 3.63) is 23.8 Å². The van der Waals surface area contributed by atoms with E-state index >= 15 is 0 Å². The molecule has 1 aliphatic heterocycles. The largest absolute Gasteiger partial charge is 0.379 e. The van der Waals surface area contributed by atoms with Crippen LogP contribution in [-0.2, 0) is 9.53 Å². The zero-order valence-electron chi connectivity index (χ0n) is 12.3. The SMILES string of the molecule is CC(C)=O.CC1=CC(C)(N2CCOCC2)C(S)C=C1. The second kappa shape index (κ2) is 7.27. The van der Waals surface area contributed by atoms with Crippen molar-refractivity contribution in [2.75, 3.05) is 26.3 Å². The summed E-state index contributed by atoms with van der Waals surface area (Å²) in [7, 11) is 0. The van der Waals surface area contributed by atoms with Crippen LogP contribution in [0.15, 0.2) is 23.8 Å². The number of nitrogens with zero attached hydrogens (tertiary/aromatic N) is 1. The van der Waals surface area contributed by atoms with Crippen LogP contribution in [0.4, 0.5) is 0 Å². The van der Waals surface area contributed by atoms with Gasteiger partial charge < -0.3 is 9.53 Å². The van der Waals surface area contributed by atoms with Crippen LogP contribution in [0.25, 0.3) is 0 Å². The van der Waals surface area contributed by atoms with Gasteiger partial charge in [0.25, 0.3) is 0 Å². The lowest BCUT2D eigenvalue weighted by atomic mass is 9.87. The van der Waals surface area contributed by atoms with Crippen LogP contribution in [0.3, 0.4) is 0 Å². The van der Waals surface area contributed by atoms with Gasteiger partial charge in [-0.1, -0.05) is 23.8 Å². The second-order valence-corrected chi connectivity index (χ2v) is 5.98. The summed E-state index contributed by atoms with van der Waals surface area (Å²) in [5, 5.41) is 0.277. The fraction of sp³-hybridized carbons (Fsp3) is 0.667. The molecule has 0 aromatic rings. The van der Waals surface area contributed by atoms with E-state index in [9.17, 15) is 4.79 Å². The molecule has 0 bridgehead atoms. The highest BCUT2D eigenvalue weighted by Gasteiger charge is 2.36. The van der Waals surface area contributed by atoms with E-state index in [0.29, 0.717) is 0 Å². The number of hydrogen-bond acceptors (Lipinski definition) is 4. The highest BCUT2D eigenvalue weighted by Crippen LogP contribution is 2.31. The lowest BCUT2D eigenvalue weighted by Gasteiger charge is -2.45. The van der Waals surface area contributed by atoms with E-state index in [-0.39, 0.29) is 16.6 Å². The summed E-state index contributed by atoms with van der Waals surface area (Å²) < 4.78 is 5.39. The average Bonchev–Trinajstić information content (AvgIpc) is 2.35. The van der Waals surface area contributed by atoms with Crippen LogP contribution < -0.4 is 0 Å². The lowest BCUT2D eigenvalue weighted by molar-refractivity contribution is -0.114. The topological polar surface area (TPSA) is 29.5 Å². The number of hydrogen-bond donors (Lipinski definition) is 1. The summed E-state index contributed by atoms with van der Waals surface area (Å²) >= 11 is 4.68. The molecule has 2 aliphatic rings. The molecule has 2 rings (SSSR count). The maximum absolute atomic E-state index is 9.44. The van der Waals surface area contributed by atoms with E-state index < -0.39 is 0 Å². The molecule has 1 fully saturated rings. The van der Waals surface area contributed by atoms with Crippen LogP contribution >= 0.6 is 12.6 Å². The predicted octanol–water partition coefficient (Wildman–Crippen LogP) is 2.49. The summed E-state index contributed by atoms with van der Waals surface area (Å²) in [4.78, 5) is 11.9. The fourth-order valence-corrected chi connectivity index (χ4v) is 2.68. The zero-order chi connectivity index (χ0) is 14.5. The molecule has 0 saturated carbocycles. The molecular weight excluding hydrogens is 258 g/mol. The van der Waals surface area contributed by atoms with E-state index in [1.165, 1.54) is 19.4 Å². The first-order valence-electron chi connectivity index (χ1n) is 6.72. The van der Waals surface area contributed by atoms with Gasteiger partial charge in [-0.2, -0.15) is 12.6 Å². The molecule has 0 spiro atoms. The molecule has 108 valence electrons. The number of thiol groups is 1. The van der Waals surface area contributed by atoms with Gasteiger partial charge in [0, 0.05) is 18.3 Å². The van der Waals surface area contributed by atoms with Crippen molar-refractivity contribution in [3.8, 4) is 0 Å². The molecule has 2 atom stereocenters. The number of rotatable bonds is 1. The summed E-state index contributed by atoms with van der Waals surface area (Å²) in [6.45, 7) is 11.2. The first-order chi connectivity index (χ1) is 8.86. The van der Waals surface area contributed by atoms with Gasteiger partial charge in [0.05, 0.1) is 18.8 Å². The van der Waals surface area contributed by atoms with Gasteiger partial charge in [-0.05, 0) is 27.7 Å². The highest BCUT2D eigenvalue weighted by atomic mass is 32.1. The first-order valence-corrected chi connectivity index (χ1v) is 7.23. The molecule has 3 nitrogen and oxygen atoms in total. The van der Waals surface area contributed by atoms with Gasteiger partial charge >= 0.3 is 0 Å². The number of carbonyl (C=O) groups is 1. The zero-order valence-corrected chi connectivity index (χ0v) is 13.2. The summed E-state index contributed by atoms with van der Waals surface area (Å²) in [6, 6.07) is 0. The number of allylic oxidation sites excluding steroid dienone is 2. The maximum atomic E-state index is 9.44. The molecule has 19 heavy (non-hydrogen) atoms. The number of morpholine rings is 1. The minimum atomic E-state index is 0.0473. The normalized spacial score (nSPS) is 31.2. The first kappa shape index (κ1) is 16.5. The lowest BCUT2D eigenvalue weighted by Crippen LogP contribution is -2.55. The van der Waals surface area contributed by atoms with Crippen LogP contribution in [0, 0.1) is 0 Å². The van der Waals surface area contributed by atoms with Crippen molar-refractivity contribution < 1.29 is 9.53 Å². The minimum absolute atomic E-state index is 0.0473. The maximum Gasteiger partial charge on any atom is 0.126 e. The van der Waals surface area contributed by atoms with Gasteiger partial charge in [-0.15, -0.1) is 0 Å². The van der Waals surface area contributed by atoms with Crippen molar-refractivity contribution in [1.82, 2.24) is 4.90 Å². The van der Waals surface area contributed by atoms with E-state index in [0.717, 1.165) is 26.3 Å². The Hall–Kier alpha value is -0.580. The van der Waals surface area contributed by atoms with Crippen LogP contribution in [0.2, 0.25) is 0 Å². The fourth-order valence-electron chi connectivity index (χ4n) is 2.36. The Kier molecular flexibility index (Phi) is 6.30. The standard InChI is InChI=1S/C12H19NOS.C3H6O/c1-10-3-4-11(15)12(2,9-10)13-5-7-14-8-6-13;1-3(2)4/h3-4,9,11,15H,5-8H2,1-2H3;1-2H3. The summed E-state index contributed by atoms with van der Waals surface area (Å²) in [5.41, 5.74) is 1.38. The molecule has 4 heteroatoms. The third-order valence-corrected chi connectivity index (χ3v) is 4.05. The average molecular weight is 283 g/mol. The van der Waals surface area contributed by atoms with E-state index in [1.807, 2.05) is 0 Å². The van der Waals surface area contributed by atoms with Gasteiger partial charge in [0.2, 0.25) is 0 Å². The van der Waals surface area contributed by atoms with Crippen molar-refractivity contribution in [3.63, 3.8) is 0 Å². The molecule has 1 aliphatic carbocycles. The molecule has 0 aromatic heterocycles. The molecule has 1 saturated heterocycles. The van der Waals surface area contributed by atoms with E-state index in [1.54, 1.807) is 0 Å². The molecule has 0 N–H and O–H groups in total. The van der Waals surface area contributed by atoms with Crippen LogP contribution in [-0.4, -0.2) is 47.8 Å². The van der Waals surface area contributed by atoms with Crippen LogP contribution in [0.5, 0.6) is 0 Å². The van der Waals surface area contributed by atoms with Gasteiger partial charge in [-0.3, -0.25) is 4.90 Å². The molecule has 2 unspecified atom stereocenters. The van der Waals surface area contributed by atoms with Crippen LogP contribution in [0.1, 0.15) is 27.7 Å². The van der Waals surface area contributed by atoms with Crippen molar-refractivity contribution in [2.24, 2.45) is 0 Å². The molecule has 0 radical (unpaired) electrons. The Morgan fingerprint density at radius 3 is 2.47 bits per heavy atom. The van der Waals surface area contributed by atoms with Crippen molar-refractivity contribution >= 4 is 18.4 Å². The minimum Gasteiger partial charge on any atom is -0.379 e. The molecule has 0 amide bonds. The highest BCUT2D eigenvalue weighted by molar-refractivity contribution is 7.81. The Balaban J connectivity index is 0.000000399. The molecule has 0 aromatic carbocycles. The monoisotopic (exact) mass is 283 g/mol. The molecular formula is C15H25NO2S. The number of Topliss-reactive ketones (excluding diaryl/α,β-unsaturated/α-hetero) is 1. The Morgan fingerprint density at radius 1 is 1.42 bits per heavy atom. The smallest absolute Gasteiger partial charge is 0.126 e. The number of carbonyl (C=O) groups excluding carboxylic acids is 1. The Morgan fingerprint density at radius 2 is 1.95 bits per heavy atom. The Bertz CT molecular complexity index is 368. The summed E-state index contributed by atoms with van der Waals surface area (Å²) in [6.07, 6.45) is 6.67. The summed E-state index contributed by atoms with van der Waals surface area (Å²) in [5.74, 6) is 0.167. The third-order valence-electron chi connectivity index (χ3n) is 3.35. The predicted molar refractivity (Wildman–Crippen MR) is 82.8 cm³/mol. The number of ether oxygens (including phenoxy) is 1. The van der Waals surface area contributed by atoms with Gasteiger partial charge in [-0.25, -0.2) is 0 Å². The number of ketones is 1. The third kappa shape index (κ3) is 4.79. The molecule has 1 heterocycles. The van der Waals surface area contributed by atoms with Crippen molar-refractivity contribution in [1.29, 1.82) is 0 Å². The van der Waals surface area contributed by atoms with E-state index in [4.69, 9.17) is 4.74 Å². The van der Waals surface area contributed by atoms with E-state index in [2.05, 4.69) is 49.6 Å². The van der Waals surface area contributed by atoms with Gasteiger partial charge in [0.15, 0.2) is 0 Å². The Labute approximate surface area is 122 Å². The quantitative estimate of drug-likeness (QED) is 0.750.